The van der Waals surface area contributed by atoms with E-state index in [2.05, 4.69) is 21.2 Å². The first-order chi connectivity index (χ1) is 10.9. The summed E-state index contributed by atoms with van der Waals surface area (Å²) >= 11 is 3.50. The van der Waals surface area contributed by atoms with Gasteiger partial charge in [0.15, 0.2) is 0 Å². The van der Waals surface area contributed by atoms with Gasteiger partial charge in [0, 0.05) is 11.5 Å². The van der Waals surface area contributed by atoms with E-state index in [-0.39, 0.29) is 23.9 Å². The Morgan fingerprint density at radius 2 is 1.74 bits per heavy atom. The van der Waals surface area contributed by atoms with E-state index in [4.69, 9.17) is 0 Å². The number of halogens is 2. The lowest BCUT2D eigenvalue weighted by Gasteiger charge is -2.27. The molecule has 0 radical (unpaired) electrons. The average Bonchev–Trinajstić information content (AvgIpc) is 2.54. The third-order valence-corrected chi connectivity index (χ3v) is 4.69. The number of nitrogens with zero attached hydrogens (tertiary/aromatic N) is 1. The van der Waals surface area contributed by atoms with Gasteiger partial charge in [0.05, 0.1) is 12.1 Å². The first-order valence-corrected chi connectivity index (χ1v) is 8.22. The van der Waals surface area contributed by atoms with E-state index in [9.17, 15) is 9.18 Å². The first-order valence-electron chi connectivity index (χ1n) is 7.43. The van der Waals surface area contributed by atoms with Crippen LogP contribution in [-0.2, 0) is 0 Å². The van der Waals surface area contributed by atoms with Crippen LogP contribution in [0.25, 0.3) is 0 Å². The quantitative estimate of drug-likeness (QED) is 0.792. The molecule has 0 spiro atoms. The van der Waals surface area contributed by atoms with Gasteiger partial charge < -0.3 is 10.2 Å². The number of amides is 2. The average molecular weight is 379 g/mol. The molecular weight excluding hydrogens is 359 g/mol. The van der Waals surface area contributed by atoms with Gasteiger partial charge in [-0.1, -0.05) is 46.3 Å². The lowest BCUT2D eigenvalue weighted by atomic mass is 10.1. The summed E-state index contributed by atoms with van der Waals surface area (Å²) in [7, 11) is 1.73. The van der Waals surface area contributed by atoms with E-state index >= 15 is 0 Å². The van der Waals surface area contributed by atoms with E-state index < -0.39 is 0 Å². The molecule has 2 amide bonds. The van der Waals surface area contributed by atoms with Crippen LogP contribution in [-0.4, -0.2) is 18.0 Å². The van der Waals surface area contributed by atoms with Gasteiger partial charge in [0.1, 0.15) is 5.82 Å². The van der Waals surface area contributed by atoms with Crippen molar-refractivity contribution >= 4 is 22.0 Å². The highest BCUT2D eigenvalue weighted by molar-refractivity contribution is 9.10. The van der Waals surface area contributed by atoms with E-state index in [1.807, 2.05) is 38.1 Å². The molecular formula is C18H20BrFN2O. The third-order valence-electron chi connectivity index (χ3n) is 3.97. The third kappa shape index (κ3) is 4.32. The molecule has 0 aliphatic rings. The fraction of sp³-hybridized carbons (Fsp3) is 0.278. The van der Waals surface area contributed by atoms with Gasteiger partial charge in [0.25, 0.3) is 0 Å². The van der Waals surface area contributed by atoms with Crippen molar-refractivity contribution in [2.45, 2.75) is 25.9 Å². The second-order valence-corrected chi connectivity index (χ2v) is 6.39. The highest BCUT2D eigenvalue weighted by atomic mass is 79.9. The summed E-state index contributed by atoms with van der Waals surface area (Å²) in [5.41, 5.74) is 1.90. The monoisotopic (exact) mass is 378 g/mol. The van der Waals surface area contributed by atoms with Crippen LogP contribution in [0.1, 0.15) is 37.1 Å². The van der Waals surface area contributed by atoms with Crippen molar-refractivity contribution < 1.29 is 9.18 Å². The molecule has 5 heteroatoms. The van der Waals surface area contributed by atoms with Crippen molar-refractivity contribution in [2.24, 2.45) is 0 Å². The zero-order chi connectivity index (χ0) is 17.0. The number of benzene rings is 2. The standard InChI is InChI=1S/C18H20BrFN2O/c1-12(16-6-4-5-7-17(16)19)21-18(23)22(3)13(2)14-8-10-15(20)11-9-14/h4-13H,1-3H3,(H,21,23). The van der Waals surface area contributed by atoms with Crippen molar-refractivity contribution in [3.63, 3.8) is 0 Å². The summed E-state index contributed by atoms with van der Waals surface area (Å²) in [6.07, 6.45) is 0. The van der Waals surface area contributed by atoms with Crippen LogP contribution in [0.15, 0.2) is 53.0 Å². The molecule has 0 aromatic heterocycles. The molecule has 23 heavy (non-hydrogen) atoms. The lowest BCUT2D eigenvalue weighted by Crippen LogP contribution is -2.40. The number of urea groups is 1. The predicted molar refractivity (Wildman–Crippen MR) is 93.7 cm³/mol. The summed E-state index contributed by atoms with van der Waals surface area (Å²) in [5, 5.41) is 2.98. The molecule has 2 rings (SSSR count). The highest BCUT2D eigenvalue weighted by Gasteiger charge is 2.20. The Bertz CT molecular complexity index is 675. The van der Waals surface area contributed by atoms with Crippen molar-refractivity contribution in [1.82, 2.24) is 10.2 Å². The molecule has 2 aromatic carbocycles. The molecule has 0 aliphatic carbocycles. The zero-order valence-corrected chi connectivity index (χ0v) is 15.0. The fourth-order valence-corrected chi connectivity index (χ4v) is 2.96. The molecule has 1 N–H and O–H groups in total. The molecule has 3 nitrogen and oxygen atoms in total. The summed E-state index contributed by atoms with van der Waals surface area (Å²) < 4.78 is 14.0. The second-order valence-electron chi connectivity index (χ2n) is 5.53. The maximum Gasteiger partial charge on any atom is 0.318 e. The number of carbonyl (C=O) groups excluding carboxylic acids is 1. The zero-order valence-electron chi connectivity index (χ0n) is 13.4. The van der Waals surface area contributed by atoms with Gasteiger partial charge in [-0.25, -0.2) is 9.18 Å². The number of nitrogens with one attached hydrogen (secondary N) is 1. The second kappa shape index (κ2) is 7.59. The minimum atomic E-state index is -0.282. The van der Waals surface area contributed by atoms with Gasteiger partial charge in [-0.3, -0.25) is 0 Å². The summed E-state index contributed by atoms with van der Waals surface area (Å²) in [5.74, 6) is -0.282. The highest BCUT2D eigenvalue weighted by Crippen LogP contribution is 2.24. The Kier molecular flexibility index (Phi) is 5.77. The van der Waals surface area contributed by atoms with Crippen molar-refractivity contribution in [1.29, 1.82) is 0 Å². The van der Waals surface area contributed by atoms with Gasteiger partial charge in [-0.05, 0) is 43.2 Å². The Morgan fingerprint density at radius 1 is 1.13 bits per heavy atom. The largest absolute Gasteiger partial charge is 0.331 e. The summed E-state index contributed by atoms with van der Waals surface area (Å²) in [6, 6.07) is 13.5. The molecule has 2 atom stereocenters. The Morgan fingerprint density at radius 3 is 2.35 bits per heavy atom. The smallest absolute Gasteiger partial charge is 0.318 e. The Labute approximate surface area is 144 Å². The number of carbonyl (C=O) groups is 1. The van der Waals surface area contributed by atoms with Crippen LogP contribution in [0.2, 0.25) is 0 Å². The molecule has 2 aromatic rings. The molecule has 122 valence electrons. The van der Waals surface area contributed by atoms with Crippen LogP contribution >= 0.6 is 15.9 Å². The molecule has 0 fully saturated rings. The molecule has 2 unspecified atom stereocenters. The fourth-order valence-electron chi connectivity index (χ4n) is 2.33. The van der Waals surface area contributed by atoms with Crippen molar-refractivity contribution in [3.05, 3.63) is 69.9 Å². The molecule has 0 bridgehead atoms. The molecule has 0 aliphatic heterocycles. The maximum absolute atomic E-state index is 13.0. The van der Waals surface area contributed by atoms with Gasteiger partial charge >= 0.3 is 6.03 Å². The van der Waals surface area contributed by atoms with Gasteiger partial charge in [0.2, 0.25) is 0 Å². The Balaban J connectivity index is 2.04. The summed E-state index contributed by atoms with van der Waals surface area (Å²) in [6.45, 7) is 3.85. The molecule has 0 saturated carbocycles. The normalized spacial score (nSPS) is 13.3. The topological polar surface area (TPSA) is 32.3 Å². The van der Waals surface area contributed by atoms with Gasteiger partial charge in [-0.2, -0.15) is 0 Å². The number of hydrogen-bond donors (Lipinski definition) is 1. The predicted octanol–water partition coefficient (Wildman–Crippen LogP) is 5.05. The minimum Gasteiger partial charge on any atom is -0.331 e. The van der Waals surface area contributed by atoms with Gasteiger partial charge in [-0.15, -0.1) is 0 Å². The first kappa shape index (κ1) is 17.5. The lowest BCUT2D eigenvalue weighted by molar-refractivity contribution is 0.191. The number of rotatable bonds is 4. The van der Waals surface area contributed by atoms with Crippen molar-refractivity contribution in [2.75, 3.05) is 7.05 Å². The van der Waals surface area contributed by atoms with Crippen LogP contribution in [0.5, 0.6) is 0 Å². The molecule has 0 heterocycles. The van der Waals surface area contributed by atoms with E-state index in [1.165, 1.54) is 12.1 Å². The van der Waals surface area contributed by atoms with Crippen LogP contribution in [0, 0.1) is 5.82 Å². The van der Waals surface area contributed by atoms with Crippen LogP contribution in [0.3, 0.4) is 0 Å². The van der Waals surface area contributed by atoms with Crippen LogP contribution in [0.4, 0.5) is 9.18 Å². The maximum atomic E-state index is 13.0. The number of hydrogen-bond acceptors (Lipinski definition) is 1. The Hall–Kier alpha value is -1.88. The minimum absolute atomic E-state index is 0.124. The summed E-state index contributed by atoms with van der Waals surface area (Å²) in [4.78, 5) is 14.1. The van der Waals surface area contributed by atoms with Crippen LogP contribution < -0.4 is 5.32 Å². The van der Waals surface area contributed by atoms with E-state index in [1.54, 1.807) is 24.1 Å². The van der Waals surface area contributed by atoms with E-state index in [0.717, 1.165) is 15.6 Å². The van der Waals surface area contributed by atoms with E-state index in [0.29, 0.717) is 0 Å². The molecule has 0 saturated heterocycles. The van der Waals surface area contributed by atoms with Crippen molar-refractivity contribution in [3.8, 4) is 0 Å². The SMILES string of the molecule is CC(NC(=O)N(C)C(C)c1ccc(F)cc1)c1ccccc1Br.